The van der Waals surface area contributed by atoms with E-state index in [1.54, 1.807) is 30.1 Å². The Hall–Kier alpha value is -3.18. The normalized spacial score (nSPS) is 11.8. The summed E-state index contributed by atoms with van der Waals surface area (Å²) in [5, 5.41) is 21.0. The monoisotopic (exact) mass is 535 g/mol. The molecule has 0 aliphatic heterocycles. The third-order valence-corrected chi connectivity index (χ3v) is 7.50. The number of nitrogens with zero attached hydrogens (tertiary/aromatic N) is 3. The van der Waals surface area contributed by atoms with Gasteiger partial charge in [0.15, 0.2) is 9.84 Å². The number of fused-ring (bicyclic) bond motifs is 1. The van der Waals surface area contributed by atoms with Crippen LogP contribution in [0.3, 0.4) is 0 Å². The Morgan fingerprint density at radius 3 is 2.52 bits per heavy atom. The van der Waals surface area contributed by atoms with Gasteiger partial charge in [-0.25, -0.2) is 22.6 Å². The minimum absolute atomic E-state index is 0.0870. The number of aromatic hydroxyl groups is 1. The number of carboxylic acid groups (broad SMARTS) is 1. The molecule has 0 spiro atoms. The molecule has 2 heterocycles. The Morgan fingerprint density at radius 2 is 1.91 bits per heavy atom. The number of imidazole rings is 1. The van der Waals surface area contributed by atoms with Crippen molar-refractivity contribution < 1.29 is 27.8 Å². The van der Waals surface area contributed by atoms with Crippen LogP contribution in [0.4, 0.5) is 4.39 Å². The first-order chi connectivity index (χ1) is 15.6. The molecule has 8 nitrogen and oxygen atoms in total. The molecule has 0 saturated heterocycles. The van der Waals surface area contributed by atoms with Crippen molar-refractivity contribution in [2.45, 2.75) is 18.1 Å². The van der Waals surface area contributed by atoms with Gasteiger partial charge in [0.25, 0.3) is 0 Å². The van der Waals surface area contributed by atoms with Crippen LogP contribution in [0.2, 0.25) is 0 Å². The van der Waals surface area contributed by atoms with Gasteiger partial charge in [-0.2, -0.15) is 0 Å². The average molecular weight is 536 g/mol. The number of hydrogen-bond donors (Lipinski definition) is 2. The maximum Gasteiger partial charge on any atom is 0.338 e. The molecule has 2 aromatic heterocycles. The van der Waals surface area contributed by atoms with Gasteiger partial charge in [-0.3, -0.25) is 0 Å². The minimum atomic E-state index is -3.81. The van der Waals surface area contributed by atoms with E-state index in [0.29, 0.717) is 21.1 Å². The lowest BCUT2D eigenvalue weighted by Crippen LogP contribution is -2.13. The van der Waals surface area contributed by atoms with Crippen LogP contribution < -0.4 is 0 Å². The SMILES string of the molecule is Cn1c(CS(=O)(=O)Cc2ccc(F)cc2)c(C(=O)O)c2c(Cn3ccnc3)c(O)c(Br)cc21. The first-order valence-corrected chi connectivity index (χ1v) is 12.3. The quantitative estimate of drug-likeness (QED) is 0.371. The number of aryl methyl sites for hydroxylation is 1. The average Bonchev–Trinajstić information content (AvgIpc) is 3.34. The standard InChI is InChI=1S/C22H19BrFN3O5S/c1-26-17-8-16(23)21(28)15(9-27-7-6-25-12-27)19(17)20(22(29)30)18(26)11-33(31,32)10-13-2-4-14(24)5-3-13/h2-8,12,28H,9-11H2,1H3,(H,29,30). The van der Waals surface area contributed by atoms with E-state index in [2.05, 4.69) is 20.9 Å². The van der Waals surface area contributed by atoms with Gasteiger partial charge in [0.1, 0.15) is 11.6 Å². The molecule has 4 rings (SSSR count). The molecule has 0 aliphatic carbocycles. The molecule has 2 N–H and O–H groups in total. The lowest BCUT2D eigenvalue weighted by atomic mass is 10.0. The zero-order chi connectivity index (χ0) is 23.9. The van der Waals surface area contributed by atoms with Gasteiger partial charge in [0, 0.05) is 36.1 Å². The van der Waals surface area contributed by atoms with E-state index in [1.807, 2.05) is 0 Å². The molecule has 33 heavy (non-hydrogen) atoms. The Kier molecular flexibility index (Phi) is 6.02. The number of benzene rings is 2. The second-order valence-corrected chi connectivity index (χ2v) is 10.6. The fourth-order valence-electron chi connectivity index (χ4n) is 3.89. The smallest absolute Gasteiger partial charge is 0.338 e. The van der Waals surface area contributed by atoms with E-state index in [9.17, 15) is 27.8 Å². The lowest BCUT2D eigenvalue weighted by molar-refractivity contribution is 0.0698. The van der Waals surface area contributed by atoms with Gasteiger partial charge < -0.3 is 19.3 Å². The van der Waals surface area contributed by atoms with Crippen LogP contribution in [0.25, 0.3) is 10.9 Å². The van der Waals surface area contributed by atoms with Crippen molar-refractivity contribution in [3.8, 4) is 5.75 Å². The topological polar surface area (TPSA) is 114 Å². The van der Waals surface area contributed by atoms with Gasteiger partial charge >= 0.3 is 5.97 Å². The molecule has 4 aromatic rings. The maximum absolute atomic E-state index is 13.2. The van der Waals surface area contributed by atoms with Gasteiger partial charge in [0.2, 0.25) is 0 Å². The molecule has 0 aliphatic rings. The molecule has 0 atom stereocenters. The molecule has 0 unspecified atom stereocenters. The highest BCUT2D eigenvalue weighted by molar-refractivity contribution is 9.10. The number of rotatable bonds is 7. The van der Waals surface area contributed by atoms with Gasteiger partial charge in [-0.1, -0.05) is 12.1 Å². The first kappa shape index (κ1) is 23.0. The molecule has 0 radical (unpaired) electrons. The van der Waals surface area contributed by atoms with Crippen molar-refractivity contribution in [3.63, 3.8) is 0 Å². The van der Waals surface area contributed by atoms with Crippen LogP contribution >= 0.6 is 15.9 Å². The summed E-state index contributed by atoms with van der Waals surface area (Å²) in [7, 11) is -2.22. The molecular weight excluding hydrogens is 517 g/mol. The fraction of sp³-hybridized carbons (Fsp3) is 0.182. The zero-order valence-electron chi connectivity index (χ0n) is 17.4. The van der Waals surface area contributed by atoms with E-state index in [4.69, 9.17) is 0 Å². The third-order valence-electron chi connectivity index (χ3n) is 5.41. The Labute approximate surface area is 197 Å². The number of carboxylic acids is 1. The molecule has 11 heteroatoms. The highest BCUT2D eigenvalue weighted by atomic mass is 79.9. The number of halogens is 2. The number of aromatic nitrogens is 3. The van der Waals surface area contributed by atoms with Gasteiger partial charge in [-0.05, 0) is 39.7 Å². The van der Waals surface area contributed by atoms with Crippen molar-refractivity contribution in [2.24, 2.45) is 7.05 Å². The Morgan fingerprint density at radius 1 is 1.21 bits per heavy atom. The summed E-state index contributed by atoms with van der Waals surface area (Å²) < 4.78 is 42.6. The summed E-state index contributed by atoms with van der Waals surface area (Å²) in [5.41, 5.74) is 1.08. The van der Waals surface area contributed by atoms with Crippen LogP contribution in [-0.4, -0.2) is 38.7 Å². The van der Waals surface area contributed by atoms with Crippen molar-refractivity contribution in [2.75, 3.05) is 0 Å². The largest absolute Gasteiger partial charge is 0.506 e. The van der Waals surface area contributed by atoms with Crippen LogP contribution in [0.5, 0.6) is 5.75 Å². The third kappa shape index (κ3) is 4.51. The number of phenolic OH excluding ortho intramolecular Hbond substituents is 1. The summed E-state index contributed by atoms with van der Waals surface area (Å²) in [5.74, 6) is -2.83. The van der Waals surface area contributed by atoms with Crippen LogP contribution in [0.1, 0.15) is 27.2 Å². The zero-order valence-corrected chi connectivity index (χ0v) is 19.8. The summed E-state index contributed by atoms with van der Waals surface area (Å²) in [6, 6.07) is 6.67. The van der Waals surface area contributed by atoms with Crippen LogP contribution in [-0.2, 0) is 34.9 Å². The van der Waals surface area contributed by atoms with Crippen LogP contribution in [0.15, 0.2) is 53.5 Å². The summed E-state index contributed by atoms with van der Waals surface area (Å²) in [4.78, 5) is 16.3. The number of sulfone groups is 1. The molecule has 0 amide bonds. The molecule has 2 aromatic carbocycles. The second-order valence-electron chi connectivity index (χ2n) is 7.66. The maximum atomic E-state index is 13.2. The van der Waals surface area contributed by atoms with Crippen molar-refractivity contribution in [3.05, 3.63) is 81.7 Å². The lowest BCUT2D eigenvalue weighted by Gasteiger charge is -2.11. The second kappa shape index (κ2) is 8.64. The Balaban J connectivity index is 1.86. The molecular formula is C22H19BrFN3O5S. The van der Waals surface area contributed by atoms with Crippen LogP contribution in [0, 0.1) is 5.82 Å². The van der Waals surface area contributed by atoms with E-state index >= 15 is 0 Å². The van der Waals surface area contributed by atoms with E-state index < -0.39 is 27.4 Å². The Bertz CT molecular complexity index is 1460. The molecule has 0 bridgehead atoms. The number of phenols is 1. The summed E-state index contributed by atoms with van der Waals surface area (Å²) in [6.45, 7) is 0.133. The number of hydrogen-bond acceptors (Lipinski definition) is 5. The highest BCUT2D eigenvalue weighted by Crippen LogP contribution is 2.40. The van der Waals surface area contributed by atoms with Gasteiger partial charge in [0.05, 0.1) is 39.9 Å². The van der Waals surface area contributed by atoms with Crippen molar-refractivity contribution in [1.82, 2.24) is 14.1 Å². The first-order valence-electron chi connectivity index (χ1n) is 9.73. The van der Waals surface area contributed by atoms with Gasteiger partial charge in [-0.15, -0.1) is 0 Å². The summed E-state index contributed by atoms with van der Waals surface area (Å²) in [6.07, 6.45) is 4.76. The van der Waals surface area contributed by atoms with E-state index in [0.717, 1.165) is 0 Å². The summed E-state index contributed by atoms with van der Waals surface area (Å²) >= 11 is 3.30. The number of carbonyl (C=O) groups is 1. The molecule has 0 saturated carbocycles. The van der Waals surface area contributed by atoms with E-state index in [1.165, 1.54) is 35.2 Å². The minimum Gasteiger partial charge on any atom is -0.506 e. The van der Waals surface area contributed by atoms with Crippen molar-refractivity contribution >= 4 is 42.6 Å². The predicted molar refractivity (Wildman–Crippen MR) is 123 cm³/mol. The van der Waals surface area contributed by atoms with E-state index in [-0.39, 0.29) is 34.7 Å². The number of aromatic carboxylic acids is 1. The van der Waals surface area contributed by atoms with Crippen molar-refractivity contribution in [1.29, 1.82) is 0 Å². The highest BCUT2D eigenvalue weighted by Gasteiger charge is 2.29. The molecule has 0 fully saturated rings. The fourth-order valence-corrected chi connectivity index (χ4v) is 5.90. The molecule has 172 valence electrons. The predicted octanol–water partition coefficient (Wildman–Crippen LogP) is 3.84.